The summed E-state index contributed by atoms with van der Waals surface area (Å²) in [4.78, 5) is 17.0. The molecule has 35 heavy (non-hydrogen) atoms. The van der Waals surface area contributed by atoms with Gasteiger partial charge in [0.2, 0.25) is 5.91 Å². The number of aromatic nitrogens is 4. The van der Waals surface area contributed by atoms with Gasteiger partial charge < -0.3 is 14.8 Å². The molecule has 1 atom stereocenters. The van der Waals surface area contributed by atoms with Gasteiger partial charge in [-0.3, -0.25) is 14.3 Å². The van der Waals surface area contributed by atoms with Crippen LogP contribution in [0.25, 0.3) is 11.4 Å². The molecule has 2 aromatic heterocycles. The van der Waals surface area contributed by atoms with Crippen LogP contribution in [0.4, 0.5) is 0 Å². The van der Waals surface area contributed by atoms with Gasteiger partial charge >= 0.3 is 0 Å². The molecule has 4 aromatic rings. The molecule has 0 saturated carbocycles. The topological polar surface area (TPSA) is 91.2 Å². The number of rotatable bonds is 8. The van der Waals surface area contributed by atoms with Gasteiger partial charge in [0.1, 0.15) is 13.2 Å². The van der Waals surface area contributed by atoms with Crippen molar-refractivity contribution in [2.24, 2.45) is 0 Å². The van der Waals surface area contributed by atoms with Gasteiger partial charge in [-0.25, -0.2) is 0 Å². The molecule has 0 fully saturated rings. The van der Waals surface area contributed by atoms with Crippen molar-refractivity contribution in [3.8, 4) is 22.9 Å². The lowest BCUT2D eigenvalue weighted by atomic mass is 10.1. The maximum absolute atomic E-state index is 12.8. The summed E-state index contributed by atoms with van der Waals surface area (Å²) in [6.07, 6.45) is 3.49. The van der Waals surface area contributed by atoms with Gasteiger partial charge in [-0.1, -0.05) is 48.2 Å². The Hall–Kier alpha value is -3.85. The van der Waals surface area contributed by atoms with E-state index in [1.54, 1.807) is 12.4 Å². The Morgan fingerprint density at radius 3 is 2.69 bits per heavy atom. The van der Waals surface area contributed by atoms with E-state index in [0.717, 1.165) is 28.3 Å². The predicted octanol–water partition coefficient (Wildman–Crippen LogP) is 4.13. The molecular formula is C26H25N5O3S. The Morgan fingerprint density at radius 2 is 1.89 bits per heavy atom. The minimum Gasteiger partial charge on any atom is -0.486 e. The first-order valence-corrected chi connectivity index (χ1v) is 12.3. The average Bonchev–Trinajstić information content (AvgIpc) is 3.30. The molecule has 178 valence electrons. The van der Waals surface area contributed by atoms with Gasteiger partial charge in [0.25, 0.3) is 0 Å². The quantitative estimate of drug-likeness (QED) is 0.374. The molecule has 8 nitrogen and oxygen atoms in total. The van der Waals surface area contributed by atoms with E-state index in [4.69, 9.17) is 9.47 Å². The van der Waals surface area contributed by atoms with Gasteiger partial charge in [-0.2, -0.15) is 0 Å². The smallest absolute Gasteiger partial charge is 0.230 e. The number of pyridine rings is 1. The second-order valence-electron chi connectivity index (χ2n) is 8.10. The zero-order chi connectivity index (χ0) is 24.0. The molecule has 1 aliphatic heterocycles. The lowest BCUT2D eigenvalue weighted by molar-refractivity contribution is -0.119. The molecule has 5 rings (SSSR count). The van der Waals surface area contributed by atoms with Crippen molar-refractivity contribution < 1.29 is 14.3 Å². The van der Waals surface area contributed by atoms with E-state index in [2.05, 4.69) is 32.6 Å². The number of carbonyl (C=O) groups is 1. The average molecular weight is 488 g/mol. The number of nitrogens with one attached hydrogen (secondary N) is 1. The van der Waals surface area contributed by atoms with E-state index in [0.29, 0.717) is 30.7 Å². The Bertz CT molecular complexity index is 1300. The number of benzene rings is 2. The second kappa shape index (κ2) is 10.6. The van der Waals surface area contributed by atoms with Crippen LogP contribution in [0.15, 0.2) is 78.2 Å². The van der Waals surface area contributed by atoms with Crippen molar-refractivity contribution in [1.82, 2.24) is 25.1 Å². The molecule has 1 amide bonds. The van der Waals surface area contributed by atoms with Gasteiger partial charge in [0, 0.05) is 18.0 Å². The normalized spacial score (nSPS) is 13.3. The molecule has 2 aromatic carbocycles. The first-order chi connectivity index (χ1) is 17.2. The molecule has 0 radical (unpaired) electrons. The number of hydrogen-bond donors (Lipinski definition) is 1. The maximum atomic E-state index is 12.8. The molecular weight excluding hydrogens is 462 g/mol. The fourth-order valence-electron chi connectivity index (χ4n) is 3.84. The summed E-state index contributed by atoms with van der Waals surface area (Å²) in [5, 5.41) is 12.5. The summed E-state index contributed by atoms with van der Waals surface area (Å²) in [6.45, 7) is 3.62. The van der Waals surface area contributed by atoms with E-state index >= 15 is 0 Å². The summed E-state index contributed by atoms with van der Waals surface area (Å²) in [5.41, 5.74) is 2.95. The highest BCUT2D eigenvalue weighted by Crippen LogP contribution is 2.32. The Labute approximate surface area is 207 Å². The number of nitrogens with zero attached hydrogens (tertiary/aromatic N) is 4. The van der Waals surface area contributed by atoms with E-state index in [9.17, 15) is 4.79 Å². The summed E-state index contributed by atoms with van der Waals surface area (Å²) >= 11 is 1.36. The van der Waals surface area contributed by atoms with Crippen molar-refractivity contribution >= 4 is 17.7 Å². The number of hydrogen-bond acceptors (Lipinski definition) is 7. The van der Waals surface area contributed by atoms with Crippen molar-refractivity contribution in [2.75, 3.05) is 19.0 Å². The second-order valence-corrected chi connectivity index (χ2v) is 9.04. The first-order valence-electron chi connectivity index (χ1n) is 11.4. The molecule has 1 N–H and O–H groups in total. The third-order valence-corrected chi connectivity index (χ3v) is 6.56. The van der Waals surface area contributed by atoms with Crippen molar-refractivity contribution in [3.05, 3.63) is 84.2 Å². The van der Waals surface area contributed by atoms with Crippen LogP contribution in [0.1, 0.15) is 24.1 Å². The molecule has 0 bridgehead atoms. The zero-order valence-corrected chi connectivity index (χ0v) is 20.1. The molecule has 9 heteroatoms. The van der Waals surface area contributed by atoms with Crippen LogP contribution >= 0.6 is 11.8 Å². The number of ether oxygens (including phenoxy) is 2. The van der Waals surface area contributed by atoms with E-state index in [-0.39, 0.29) is 17.7 Å². The largest absolute Gasteiger partial charge is 0.486 e. The maximum Gasteiger partial charge on any atom is 0.230 e. The fourth-order valence-corrected chi connectivity index (χ4v) is 4.59. The predicted molar refractivity (Wildman–Crippen MR) is 134 cm³/mol. The molecule has 0 spiro atoms. The van der Waals surface area contributed by atoms with Crippen LogP contribution in [0.5, 0.6) is 11.5 Å². The molecule has 0 unspecified atom stereocenters. The summed E-state index contributed by atoms with van der Waals surface area (Å²) in [7, 11) is 0. The number of fused-ring (bicyclic) bond motifs is 1. The third kappa shape index (κ3) is 5.46. The molecule has 0 saturated heterocycles. The summed E-state index contributed by atoms with van der Waals surface area (Å²) in [5.74, 6) is 2.29. The van der Waals surface area contributed by atoms with Gasteiger partial charge in [0.15, 0.2) is 22.5 Å². The summed E-state index contributed by atoms with van der Waals surface area (Å²) < 4.78 is 13.3. The Morgan fingerprint density at radius 1 is 1.06 bits per heavy atom. The molecule has 0 aliphatic carbocycles. The van der Waals surface area contributed by atoms with Crippen molar-refractivity contribution in [2.45, 2.75) is 24.7 Å². The lowest BCUT2D eigenvalue weighted by Gasteiger charge is -2.21. The van der Waals surface area contributed by atoms with Crippen LogP contribution in [0, 0.1) is 0 Å². The van der Waals surface area contributed by atoms with Crippen LogP contribution in [-0.4, -0.2) is 44.6 Å². The lowest BCUT2D eigenvalue weighted by Crippen LogP contribution is -2.28. The minimum atomic E-state index is -0.174. The first kappa shape index (κ1) is 22.9. The highest BCUT2D eigenvalue weighted by atomic mass is 32.2. The van der Waals surface area contributed by atoms with Gasteiger partial charge in [-0.15, -0.1) is 10.2 Å². The molecule has 1 aliphatic rings. The molecule has 3 heterocycles. The van der Waals surface area contributed by atoms with E-state index in [1.165, 1.54) is 11.8 Å². The van der Waals surface area contributed by atoms with Crippen LogP contribution in [0.2, 0.25) is 0 Å². The van der Waals surface area contributed by atoms with Crippen molar-refractivity contribution in [3.63, 3.8) is 0 Å². The minimum absolute atomic E-state index is 0.0884. The number of carbonyl (C=O) groups excluding carboxylic acids is 1. The monoisotopic (exact) mass is 487 g/mol. The number of amides is 1. The highest BCUT2D eigenvalue weighted by molar-refractivity contribution is 7.99. The number of thioether (sulfide) groups is 1. The van der Waals surface area contributed by atoms with Crippen molar-refractivity contribution in [1.29, 1.82) is 0 Å². The summed E-state index contributed by atoms with van der Waals surface area (Å²) in [6, 6.07) is 19.5. The van der Waals surface area contributed by atoms with Gasteiger partial charge in [0.05, 0.1) is 18.3 Å². The SMILES string of the molecule is C[C@@H](NC(=O)CSc1nnc(-c2cccnc2)n1Cc1ccccc1)c1ccc2c(c1)OCCO2. The highest BCUT2D eigenvalue weighted by Gasteiger charge is 2.19. The van der Waals surface area contributed by atoms with Crippen LogP contribution in [0.3, 0.4) is 0 Å². The van der Waals surface area contributed by atoms with Crippen LogP contribution < -0.4 is 14.8 Å². The van der Waals surface area contributed by atoms with E-state index in [1.807, 2.05) is 60.0 Å². The van der Waals surface area contributed by atoms with E-state index < -0.39 is 0 Å². The van der Waals surface area contributed by atoms with Crippen LogP contribution in [-0.2, 0) is 11.3 Å². The Kier molecular flexibility index (Phi) is 6.94. The zero-order valence-electron chi connectivity index (χ0n) is 19.3. The standard InChI is InChI=1S/C26H25N5O3S/c1-18(20-9-10-22-23(14-20)34-13-12-33-22)28-24(32)17-35-26-30-29-25(21-8-5-11-27-15-21)31(26)16-19-6-3-2-4-7-19/h2-11,14-15,18H,12-13,16-17H2,1H3,(H,28,32)/t18-/m1/s1. The Balaban J connectivity index is 1.28. The fraction of sp³-hybridized carbons (Fsp3) is 0.231. The third-order valence-electron chi connectivity index (χ3n) is 5.60. The van der Waals surface area contributed by atoms with Gasteiger partial charge in [-0.05, 0) is 42.3 Å².